The van der Waals surface area contributed by atoms with Crippen molar-refractivity contribution in [3.05, 3.63) is 35.4 Å². The number of hydrogen-bond donors (Lipinski definition) is 1. The van der Waals surface area contributed by atoms with E-state index in [1.165, 1.54) is 22.5 Å². The summed E-state index contributed by atoms with van der Waals surface area (Å²) >= 11 is 0. The summed E-state index contributed by atoms with van der Waals surface area (Å²) in [6.07, 6.45) is 1.08. The Labute approximate surface area is 95.1 Å². The average molecular weight is 213 g/mol. The van der Waals surface area contributed by atoms with Crippen molar-refractivity contribution in [3.63, 3.8) is 0 Å². The highest BCUT2D eigenvalue weighted by Gasteiger charge is 2.21. The Morgan fingerprint density at radius 1 is 1.31 bits per heavy atom. The first kappa shape index (κ1) is 9.46. The van der Waals surface area contributed by atoms with E-state index in [0.717, 1.165) is 18.7 Å². The zero-order chi connectivity index (χ0) is 11.1. The molecular formula is C13H15N3. The normalized spacial score (nSPS) is 13.6. The number of aromatic nitrogens is 2. The lowest BCUT2D eigenvalue weighted by Gasteiger charge is -2.03. The van der Waals surface area contributed by atoms with Gasteiger partial charge in [0.05, 0.1) is 5.69 Å². The highest BCUT2D eigenvalue weighted by molar-refractivity contribution is 5.73. The molecule has 3 rings (SSSR count). The van der Waals surface area contributed by atoms with Crippen LogP contribution in [-0.2, 0) is 13.5 Å². The Bertz CT molecular complexity index is 540. The van der Waals surface area contributed by atoms with E-state index in [4.69, 9.17) is 0 Å². The maximum absolute atomic E-state index is 4.62. The average Bonchev–Trinajstić information content (AvgIpc) is 2.84. The van der Waals surface area contributed by atoms with Gasteiger partial charge in [-0.05, 0) is 18.9 Å². The van der Waals surface area contributed by atoms with Crippen molar-refractivity contribution < 1.29 is 0 Å². The number of nitrogens with one attached hydrogen (secondary N) is 1. The van der Waals surface area contributed by atoms with E-state index in [1.807, 2.05) is 11.7 Å². The molecule has 0 atom stereocenters. The van der Waals surface area contributed by atoms with E-state index in [0.29, 0.717) is 0 Å². The number of anilines is 1. The highest BCUT2D eigenvalue weighted by Crippen LogP contribution is 2.33. The molecule has 82 valence electrons. The largest absolute Gasteiger partial charge is 0.370 e. The van der Waals surface area contributed by atoms with Gasteiger partial charge in [-0.2, -0.15) is 5.10 Å². The SMILES string of the molecule is Cc1ccccc1-c1nn(C)c2c1CCN2. The van der Waals surface area contributed by atoms with Gasteiger partial charge in [0.25, 0.3) is 0 Å². The molecule has 3 nitrogen and oxygen atoms in total. The smallest absolute Gasteiger partial charge is 0.127 e. The van der Waals surface area contributed by atoms with Gasteiger partial charge >= 0.3 is 0 Å². The van der Waals surface area contributed by atoms with E-state index in [9.17, 15) is 0 Å². The lowest BCUT2D eigenvalue weighted by Crippen LogP contribution is -2.01. The third-order valence-electron chi connectivity index (χ3n) is 3.21. The number of rotatable bonds is 1. The van der Waals surface area contributed by atoms with Crippen molar-refractivity contribution in [1.82, 2.24) is 9.78 Å². The Balaban J connectivity index is 2.21. The van der Waals surface area contributed by atoms with E-state index < -0.39 is 0 Å². The number of aryl methyl sites for hydroxylation is 2. The van der Waals surface area contributed by atoms with Crippen molar-refractivity contribution in [2.45, 2.75) is 13.3 Å². The van der Waals surface area contributed by atoms with Crippen molar-refractivity contribution in [3.8, 4) is 11.3 Å². The van der Waals surface area contributed by atoms with Crippen molar-refractivity contribution >= 4 is 5.82 Å². The Morgan fingerprint density at radius 3 is 2.94 bits per heavy atom. The Morgan fingerprint density at radius 2 is 2.12 bits per heavy atom. The summed E-state index contributed by atoms with van der Waals surface area (Å²) in [6, 6.07) is 8.43. The molecule has 1 aromatic carbocycles. The van der Waals surface area contributed by atoms with Crippen LogP contribution in [0.25, 0.3) is 11.3 Å². The van der Waals surface area contributed by atoms with Gasteiger partial charge < -0.3 is 5.32 Å². The third kappa shape index (κ3) is 1.24. The fourth-order valence-electron chi connectivity index (χ4n) is 2.39. The molecule has 0 amide bonds. The molecule has 1 aliphatic heterocycles. The van der Waals surface area contributed by atoms with E-state index in [1.54, 1.807) is 0 Å². The Hall–Kier alpha value is -1.77. The predicted molar refractivity (Wildman–Crippen MR) is 65.6 cm³/mol. The molecule has 0 radical (unpaired) electrons. The second-order valence-electron chi connectivity index (χ2n) is 4.29. The minimum Gasteiger partial charge on any atom is -0.370 e. The molecule has 0 unspecified atom stereocenters. The molecule has 16 heavy (non-hydrogen) atoms. The summed E-state index contributed by atoms with van der Waals surface area (Å²) in [5.41, 5.74) is 5.04. The summed E-state index contributed by atoms with van der Waals surface area (Å²) in [7, 11) is 2.00. The number of hydrogen-bond acceptors (Lipinski definition) is 2. The molecule has 2 heterocycles. The second-order valence-corrected chi connectivity index (χ2v) is 4.29. The first-order valence-corrected chi connectivity index (χ1v) is 5.63. The van der Waals surface area contributed by atoms with Gasteiger partial charge in [-0.15, -0.1) is 0 Å². The molecule has 0 fully saturated rings. The molecule has 2 aromatic rings. The number of benzene rings is 1. The molecular weight excluding hydrogens is 198 g/mol. The maximum Gasteiger partial charge on any atom is 0.127 e. The number of fused-ring (bicyclic) bond motifs is 1. The van der Waals surface area contributed by atoms with Gasteiger partial charge in [0.15, 0.2) is 0 Å². The van der Waals surface area contributed by atoms with Crippen LogP contribution in [-0.4, -0.2) is 16.3 Å². The summed E-state index contributed by atoms with van der Waals surface area (Å²) in [5, 5.41) is 8.00. The van der Waals surface area contributed by atoms with E-state index in [-0.39, 0.29) is 0 Å². The maximum atomic E-state index is 4.62. The summed E-state index contributed by atoms with van der Waals surface area (Å²) in [6.45, 7) is 3.17. The standard InChI is InChI=1S/C13H15N3/c1-9-5-3-4-6-10(9)12-11-7-8-14-13(11)16(2)15-12/h3-6,14H,7-8H2,1-2H3. The van der Waals surface area contributed by atoms with Crippen LogP contribution < -0.4 is 5.32 Å². The number of nitrogens with zero attached hydrogens (tertiary/aromatic N) is 2. The van der Waals surface area contributed by atoms with Crippen LogP contribution in [0.4, 0.5) is 5.82 Å². The second kappa shape index (κ2) is 3.37. The Kier molecular flexibility index (Phi) is 1.99. The summed E-state index contributed by atoms with van der Waals surface area (Å²) < 4.78 is 1.95. The summed E-state index contributed by atoms with van der Waals surface area (Å²) in [5.74, 6) is 1.18. The van der Waals surface area contributed by atoms with Crippen molar-refractivity contribution in [1.29, 1.82) is 0 Å². The lowest BCUT2D eigenvalue weighted by molar-refractivity contribution is 0.775. The van der Waals surface area contributed by atoms with Gasteiger partial charge in [0.2, 0.25) is 0 Å². The highest BCUT2D eigenvalue weighted by atomic mass is 15.3. The van der Waals surface area contributed by atoms with Gasteiger partial charge in [-0.25, -0.2) is 0 Å². The summed E-state index contributed by atoms with van der Waals surface area (Å²) in [4.78, 5) is 0. The van der Waals surface area contributed by atoms with E-state index >= 15 is 0 Å². The predicted octanol–water partition coefficient (Wildman–Crippen LogP) is 2.36. The molecule has 0 spiro atoms. The van der Waals surface area contributed by atoms with Crippen LogP contribution in [0.1, 0.15) is 11.1 Å². The van der Waals surface area contributed by atoms with Crippen LogP contribution >= 0.6 is 0 Å². The molecule has 1 aromatic heterocycles. The lowest BCUT2D eigenvalue weighted by atomic mass is 10.0. The molecule has 0 aliphatic carbocycles. The van der Waals surface area contributed by atoms with Crippen LogP contribution in [0.2, 0.25) is 0 Å². The molecule has 0 saturated heterocycles. The zero-order valence-corrected chi connectivity index (χ0v) is 9.62. The molecule has 1 aliphatic rings. The van der Waals surface area contributed by atoms with Crippen molar-refractivity contribution in [2.75, 3.05) is 11.9 Å². The van der Waals surface area contributed by atoms with Crippen molar-refractivity contribution in [2.24, 2.45) is 7.05 Å². The molecule has 1 N–H and O–H groups in total. The van der Waals surface area contributed by atoms with E-state index in [2.05, 4.69) is 41.6 Å². The third-order valence-corrected chi connectivity index (χ3v) is 3.21. The first-order valence-electron chi connectivity index (χ1n) is 5.63. The van der Waals surface area contributed by atoms with Gasteiger partial charge in [-0.3, -0.25) is 4.68 Å². The molecule has 0 bridgehead atoms. The van der Waals surface area contributed by atoms with Crippen LogP contribution in [0.15, 0.2) is 24.3 Å². The van der Waals surface area contributed by atoms with Crippen LogP contribution in [0.5, 0.6) is 0 Å². The van der Waals surface area contributed by atoms with Gasteiger partial charge in [0.1, 0.15) is 5.82 Å². The van der Waals surface area contributed by atoms with Crippen LogP contribution in [0.3, 0.4) is 0 Å². The molecule has 3 heteroatoms. The zero-order valence-electron chi connectivity index (χ0n) is 9.62. The quantitative estimate of drug-likeness (QED) is 0.788. The monoisotopic (exact) mass is 213 g/mol. The first-order chi connectivity index (χ1) is 7.77. The topological polar surface area (TPSA) is 29.9 Å². The fraction of sp³-hybridized carbons (Fsp3) is 0.308. The minimum atomic E-state index is 1.03. The molecule has 0 saturated carbocycles. The van der Waals surface area contributed by atoms with Crippen LogP contribution in [0, 0.1) is 6.92 Å². The van der Waals surface area contributed by atoms with Gasteiger partial charge in [-0.1, -0.05) is 24.3 Å². The minimum absolute atomic E-state index is 1.03. The van der Waals surface area contributed by atoms with Gasteiger partial charge in [0, 0.05) is 24.7 Å². The fourth-order valence-corrected chi connectivity index (χ4v) is 2.39.